The molecule has 1 saturated carbocycles. The summed E-state index contributed by atoms with van der Waals surface area (Å²) < 4.78 is 10.8. The van der Waals surface area contributed by atoms with Gasteiger partial charge >= 0.3 is 0 Å². The number of ether oxygens (including phenoxy) is 1. The molecule has 0 unspecified atom stereocenters. The predicted molar refractivity (Wildman–Crippen MR) is 129 cm³/mol. The van der Waals surface area contributed by atoms with E-state index in [0.29, 0.717) is 22.1 Å². The van der Waals surface area contributed by atoms with Gasteiger partial charge in [-0.15, -0.1) is 11.3 Å². The van der Waals surface area contributed by atoms with Gasteiger partial charge in [0.05, 0.1) is 24.8 Å². The summed E-state index contributed by atoms with van der Waals surface area (Å²) in [7, 11) is 1.55. The number of hydrogen-bond donors (Lipinski definition) is 2. The summed E-state index contributed by atoms with van der Waals surface area (Å²) in [6.45, 7) is -0.281. The number of amides is 3. The van der Waals surface area contributed by atoms with Crippen LogP contribution in [-0.4, -0.2) is 37.4 Å². The van der Waals surface area contributed by atoms with Crippen molar-refractivity contribution in [2.45, 2.75) is 37.8 Å². The maximum atomic E-state index is 13.5. The van der Waals surface area contributed by atoms with Crippen LogP contribution in [-0.2, 0) is 9.59 Å². The average Bonchev–Trinajstić information content (AvgIpc) is 3.64. The highest BCUT2D eigenvalue weighted by atomic mass is 32.1. The molecule has 0 saturated heterocycles. The molecule has 2 N–H and O–H groups in total. The van der Waals surface area contributed by atoms with Crippen LogP contribution in [0, 0.1) is 0 Å². The number of carbonyl (C=O) groups is 3. The van der Waals surface area contributed by atoms with E-state index in [1.165, 1.54) is 22.5 Å². The summed E-state index contributed by atoms with van der Waals surface area (Å²) in [6, 6.07) is 12.7. The number of methoxy groups -OCH3 is 1. The average molecular weight is 482 g/mol. The van der Waals surface area contributed by atoms with Gasteiger partial charge in [-0.2, -0.15) is 0 Å². The van der Waals surface area contributed by atoms with E-state index in [4.69, 9.17) is 9.15 Å². The van der Waals surface area contributed by atoms with E-state index in [2.05, 4.69) is 10.6 Å². The number of benzene rings is 1. The molecule has 8 nitrogen and oxygen atoms in total. The first-order chi connectivity index (χ1) is 16.6. The van der Waals surface area contributed by atoms with Crippen molar-refractivity contribution in [1.29, 1.82) is 0 Å². The second-order valence-corrected chi connectivity index (χ2v) is 8.98. The van der Waals surface area contributed by atoms with E-state index in [9.17, 15) is 14.4 Å². The molecule has 2 heterocycles. The minimum atomic E-state index is -1.03. The Kier molecular flexibility index (Phi) is 7.64. The van der Waals surface area contributed by atoms with Crippen LogP contribution in [0.4, 0.5) is 5.69 Å². The number of carbonyl (C=O) groups excluding carboxylic acids is 3. The molecule has 1 atom stereocenters. The topological polar surface area (TPSA) is 101 Å². The van der Waals surface area contributed by atoms with Gasteiger partial charge in [0, 0.05) is 11.7 Å². The molecule has 9 heteroatoms. The molecule has 4 rings (SSSR count). The van der Waals surface area contributed by atoms with Crippen molar-refractivity contribution in [3.8, 4) is 5.75 Å². The molecular weight excluding hydrogens is 454 g/mol. The third-order valence-corrected chi connectivity index (χ3v) is 6.65. The Hall–Kier alpha value is -3.59. The van der Waals surface area contributed by atoms with Crippen molar-refractivity contribution in [3.63, 3.8) is 0 Å². The van der Waals surface area contributed by atoms with Crippen LogP contribution in [0.5, 0.6) is 5.75 Å². The lowest BCUT2D eigenvalue weighted by molar-refractivity contribution is -0.127. The van der Waals surface area contributed by atoms with Crippen molar-refractivity contribution >= 4 is 34.7 Å². The molecule has 1 aromatic carbocycles. The van der Waals surface area contributed by atoms with Crippen molar-refractivity contribution in [2.24, 2.45) is 0 Å². The highest BCUT2D eigenvalue weighted by molar-refractivity contribution is 7.12. The fourth-order valence-electron chi connectivity index (χ4n) is 4.09. The molecule has 0 bridgehead atoms. The minimum absolute atomic E-state index is 0.0660. The van der Waals surface area contributed by atoms with Gasteiger partial charge in [-0.3, -0.25) is 19.3 Å². The number of hydrogen-bond acceptors (Lipinski definition) is 6. The second-order valence-electron chi connectivity index (χ2n) is 8.03. The summed E-state index contributed by atoms with van der Waals surface area (Å²) in [5.41, 5.74) is 0.485. The Morgan fingerprint density at radius 3 is 2.50 bits per heavy atom. The van der Waals surface area contributed by atoms with Crippen LogP contribution in [0.25, 0.3) is 0 Å². The predicted octanol–water partition coefficient (Wildman–Crippen LogP) is 3.91. The Labute approximate surface area is 201 Å². The fraction of sp³-hybridized carbons (Fsp3) is 0.320. The second kappa shape index (κ2) is 11.0. The summed E-state index contributed by atoms with van der Waals surface area (Å²) in [6.07, 6.45) is 5.41. The van der Waals surface area contributed by atoms with Crippen LogP contribution in [0.15, 0.2) is 64.6 Å². The van der Waals surface area contributed by atoms with E-state index < -0.39 is 11.9 Å². The summed E-state index contributed by atoms with van der Waals surface area (Å²) in [4.78, 5) is 41.3. The summed E-state index contributed by atoms with van der Waals surface area (Å²) in [5.74, 6) is -0.159. The third kappa shape index (κ3) is 5.48. The van der Waals surface area contributed by atoms with Gasteiger partial charge in [0.15, 0.2) is 6.04 Å². The monoisotopic (exact) mass is 481 g/mol. The van der Waals surface area contributed by atoms with Crippen LogP contribution < -0.4 is 20.3 Å². The lowest BCUT2D eigenvalue weighted by Gasteiger charge is -2.31. The number of nitrogens with one attached hydrogen (secondary N) is 2. The van der Waals surface area contributed by atoms with Gasteiger partial charge < -0.3 is 19.8 Å². The zero-order chi connectivity index (χ0) is 23.9. The largest absolute Gasteiger partial charge is 0.497 e. The maximum Gasteiger partial charge on any atom is 0.261 e. The maximum absolute atomic E-state index is 13.5. The number of rotatable bonds is 9. The van der Waals surface area contributed by atoms with Gasteiger partial charge in [0.1, 0.15) is 11.5 Å². The fourth-order valence-corrected chi connectivity index (χ4v) is 4.73. The number of anilines is 1. The van der Waals surface area contributed by atoms with Crippen molar-refractivity contribution in [1.82, 2.24) is 10.6 Å². The number of furan rings is 1. The highest BCUT2D eigenvalue weighted by Gasteiger charge is 2.36. The Bertz CT molecular complexity index is 1090. The quantitative estimate of drug-likeness (QED) is 0.483. The molecule has 3 aromatic rings. The zero-order valence-corrected chi connectivity index (χ0v) is 19.7. The molecule has 178 valence electrons. The van der Waals surface area contributed by atoms with Gasteiger partial charge in [0.25, 0.3) is 11.8 Å². The van der Waals surface area contributed by atoms with E-state index in [1.54, 1.807) is 61.0 Å². The van der Waals surface area contributed by atoms with Gasteiger partial charge in [-0.05, 0) is 60.7 Å². The standard InChI is InChI=1S/C25H27N3O5S/c1-32-19-12-10-18(11-13-19)28(22(29)16-26-24(30)21-9-5-15-34-21)23(20-8-4-14-33-20)25(31)27-17-6-2-3-7-17/h4-5,8-15,17,23H,2-3,6-7,16H2,1H3,(H,26,30)(H,27,31)/t23-/m0/s1. The molecule has 34 heavy (non-hydrogen) atoms. The molecule has 3 amide bonds. The molecule has 0 radical (unpaired) electrons. The van der Waals surface area contributed by atoms with Crippen LogP contribution in [0.2, 0.25) is 0 Å². The SMILES string of the molecule is COc1ccc(N(C(=O)CNC(=O)c2cccs2)[C@H](C(=O)NC2CCCC2)c2ccco2)cc1. The Balaban J connectivity index is 1.63. The highest BCUT2D eigenvalue weighted by Crippen LogP contribution is 2.30. The van der Waals surface area contributed by atoms with E-state index >= 15 is 0 Å². The first-order valence-electron chi connectivity index (χ1n) is 11.2. The zero-order valence-electron chi connectivity index (χ0n) is 18.9. The van der Waals surface area contributed by atoms with Crippen molar-refractivity contribution < 1.29 is 23.5 Å². The molecule has 1 aliphatic carbocycles. The van der Waals surface area contributed by atoms with Crippen LogP contribution in [0.3, 0.4) is 0 Å². The number of nitrogens with zero attached hydrogens (tertiary/aromatic N) is 1. The van der Waals surface area contributed by atoms with E-state index in [-0.39, 0.29) is 24.4 Å². The van der Waals surface area contributed by atoms with Crippen LogP contribution in [0.1, 0.15) is 47.2 Å². The summed E-state index contributed by atoms with van der Waals surface area (Å²) in [5, 5.41) is 7.53. The molecule has 2 aromatic heterocycles. The lowest BCUT2D eigenvalue weighted by atomic mass is 10.1. The van der Waals surface area contributed by atoms with E-state index in [0.717, 1.165) is 25.7 Å². The van der Waals surface area contributed by atoms with Gasteiger partial charge in [-0.1, -0.05) is 18.9 Å². The molecular formula is C25H27N3O5S. The smallest absolute Gasteiger partial charge is 0.261 e. The Morgan fingerprint density at radius 1 is 1.12 bits per heavy atom. The molecule has 1 fully saturated rings. The number of thiophene rings is 1. The lowest BCUT2D eigenvalue weighted by Crippen LogP contribution is -2.49. The third-order valence-electron chi connectivity index (χ3n) is 5.79. The normalized spacial score (nSPS) is 14.4. The first kappa shape index (κ1) is 23.6. The molecule has 0 spiro atoms. The Morgan fingerprint density at radius 2 is 1.88 bits per heavy atom. The molecule has 1 aliphatic rings. The van der Waals surface area contributed by atoms with Crippen molar-refractivity contribution in [2.75, 3.05) is 18.6 Å². The van der Waals surface area contributed by atoms with Gasteiger partial charge in [-0.25, -0.2) is 0 Å². The summed E-state index contributed by atoms with van der Waals surface area (Å²) >= 11 is 1.29. The first-order valence-corrected chi connectivity index (χ1v) is 12.1. The van der Waals surface area contributed by atoms with Crippen molar-refractivity contribution in [3.05, 3.63) is 70.8 Å². The van der Waals surface area contributed by atoms with E-state index in [1.807, 2.05) is 0 Å². The minimum Gasteiger partial charge on any atom is -0.497 e. The van der Waals surface area contributed by atoms with Gasteiger partial charge in [0.2, 0.25) is 5.91 Å². The molecule has 0 aliphatic heterocycles. The van der Waals surface area contributed by atoms with Crippen LogP contribution >= 0.6 is 11.3 Å².